The number of hydrogen-bond acceptors (Lipinski definition) is 3. The van der Waals surface area contributed by atoms with Crippen LogP contribution in [-0.4, -0.2) is 12.6 Å². The van der Waals surface area contributed by atoms with Crippen LogP contribution in [0, 0.1) is 5.41 Å². The van der Waals surface area contributed by atoms with Crippen LogP contribution in [0.3, 0.4) is 0 Å². The lowest BCUT2D eigenvalue weighted by Gasteiger charge is -2.33. The number of nitrogens with one attached hydrogen (secondary N) is 1. The van der Waals surface area contributed by atoms with E-state index in [-0.39, 0.29) is 23.4 Å². The molecule has 0 aliphatic heterocycles. The molecule has 0 amide bonds. The number of methoxy groups -OCH3 is 1. The standard InChI is InChI=1S/C23H31Cl2NO2.ClH/c1-22(2,3)15-23(4,5)26-13-17-11-19(25)21(20(12-17)27-6)28-14-16-7-9-18(24)10-8-16;/h7-12,26H,13-15H2,1-6H3;1H. The summed E-state index contributed by atoms with van der Waals surface area (Å²) < 4.78 is 11.5. The zero-order chi connectivity index (χ0) is 20.9. The van der Waals surface area contributed by atoms with Crippen LogP contribution in [0.4, 0.5) is 0 Å². The Labute approximate surface area is 191 Å². The van der Waals surface area contributed by atoms with Gasteiger partial charge in [0, 0.05) is 17.1 Å². The smallest absolute Gasteiger partial charge is 0.180 e. The predicted octanol–water partition coefficient (Wildman–Crippen LogP) is 7.31. The van der Waals surface area contributed by atoms with Crippen molar-refractivity contribution in [3.05, 3.63) is 57.6 Å². The molecule has 6 heteroatoms. The van der Waals surface area contributed by atoms with E-state index in [9.17, 15) is 0 Å². The molecule has 0 fully saturated rings. The summed E-state index contributed by atoms with van der Waals surface area (Å²) in [5.41, 5.74) is 2.34. The second-order valence-corrected chi connectivity index (χ2v) is 9.84. The summed E-state index contributed by atoms with van der Waals surface area (Å²) in [5, 5.41) is 4.87. The molecular weight excluding hydrogens is 429 g/mol. The Hall–Kier alpha value is -1.13. The van der Waals surface area contributed by atoms with E-state index in [2.05, 4.69) is 39.9 Å². The van der Waals surface area contributed by atoms with Gasteiger partial charge in [-0.3, -0.25) is 0 Å². The van der Waals surface area contributed by atoms with Crippen molar-refractivity contribution >= 4 is 35.6 Å². The lowest BCUT2D eigenvalue weighted by molar-refractivity contribution is 0.240. The third-order valence-electron chi connectivity index (χ3n) is 4.33. The van der Waals surface area contributed by atoms with Crippen molar-refractivity contribution in [1.82, 2.24) is 5.32 Å². The number of halogens is 3. The quantitative estimate of drug-likeness (QED) is 0.448. The predicted molar refractivity (Wildman–Crippen MR) is 126 cm³/mol. The topological polar surface area (TPSA) is 30.5 Å². The third-order valence-corrected chi connectivity index (χ3v) is 4.86. The molecule has 0 spiro atoms. The summed E-state index contributed by atoms with van der Waals surface area (Å²) in [6, 6.07) is 11.4. The van der Waals surface area contributed by atoms with Gasteiger partial charge in [-0.1, -0.05) is 56.1 Å². The van der Waals surface area contributed by atoms with Crippen molar-refractivity contribution in [2.45, 2.75) is 59.7 Å². The largest absolute Gasteiger partial charge is 0.493 e. The second kappa shape index (κ2) is 10.8. The van der Waals surface area contributed by atoms with Gasteiger partial charge < -0.3 is 14.8 Å². The van der Waals surface area contributed by atoms with Gasteiger partial charge in [0.15, 0.2) is 11.5 Å². The van der Waals surface area contributed by atoms with Gasteiger partial charge in [0.25, 0.3) is 0 Å². The molecular formula is C23H32Cl3NO2. The van der Waals surface area contributed by atoms with E-state index < -0.39 is 0 Å². The zero-order valence-electron chi connectivity index (χ0n) is 18.1. The Morgan fingerprint density at radius 2 is 1.55 bits per heavy atom. The molecule has 3 nitrogen and oxygen atoms in total. The minimum Gasteiger partial charge on any atom is -0.493 e. The van der Waals surface area contributed by atoms with Crippen LogP contribution in [0.1, 0.15) is 52.2 Å². The maximum absolute atomic E-state index is 6.51. The summed E-state index contributed by atoms with van der Waals surface area (Å²) in [6.45, 7) is 12.3. The van der Waals surface area contributed by atoms with Crippen molar-refractivity contribution in [1.29, 1.82) is 0 Å². The van der Waals surface area contributed by atoms with Gasteiger partial charge in [-0.25, -0.2) is 0 Å². The Bertz CT molecular complexity index is 784. The summed E-state index contributed by atoms with van der Waals surface area (Å²) in [6.07, 6.45) is 1.06. The Morgan fingerprint density at radius 1 is 0.931 bits per heavy atom. The third kappa shape index (κ3) is 8.64. The molecule has 29 heavy (non-hydrogen) atoms. The van der Waals surface area contributed by atoms with E-state index in [4.69, 9.17) is 32.7 Å². The van der Waals surface area contributed by atoms with Gasteiger partial charge in [-0.2, -0.15) is 0 Å². The minimum atomic E-state index is 0. The van der Waals surface area contributed by atoms with E-state index in [1.165, 1.54) is 0 Å². The SMILES string of the molecule is COc1cc(CNC(C)(C)CC(C)(C)C)cc(Cl)c1OCc1ccc(Cl)cc1.Cl. The first-order valence-corrected chi connectivity index (χ1v) is 10.2. The van der Waals surface area contributed by atoms with Crippen LogP contribution in [0.25, 0.3) is 0 Å². The van der Waals surface area contributed by atoms with Crippen molar-refractivity contribution in [2.24, 2.45) is 5.41 Å². The number of rotatable bonds is 8. The fourth-order valence-electron chi connectivity index (χ4n) is 3.48. The molecule has 0 radical (unpaired) electrons. The number of hydrogen-bond donors (Lipinski definition) is 1. The highest BCUT2D eigenvalue weighted by Gasteiger charge is 2.25. The highest BCUT2D eigenvalue weighted by molar-refractivity contribution is 6.32. The second-order valence-electron chi connectivity index (χ2n) is 9.00. The average Bonchev–Trinajstić information content (AvgIpc) is 2.58. The minimum absolute atomic E-state index is 0. The van der Waals surface area contributed by atoms with Crippen LogP contribution in [0.2, 0.25) is 10.0 Å². The molecule has 0 aliphatic rings. The molecule has 0 unspecified atom stereocenters. The fraction of sp³-hybridized carbons (Fsp3) is 0.478. The summed E-state index contributed by atoms with van der Waals surface area (Å²) in [5.74, 6) is 1.18. The van der Waals surface area contributed by atoms with Crippen molar-refractivity contribution in [3.8, 4) is 11.5 Å². The van der Waals surface area contributed by atoms with Gasteiger partial charge in [0.05, 0.1) is 12.1 Å². The van der Waals surface area contributed by atoms with Crippen LogP contribution < -0.4 is 14.8 Å². The molecule has 2 aromatic rings. The van der Waals surface area contributed by atoms with Crippen LogP contribution in [-0.2, 0) is 13.2 Å². The van der Waals surface area contributed by atoms with Crippen LogP contribution in [0.5, 0.6) is 11.5 Å². The Morgan fingerprint density at radius 3 is 2.10 bits per heavy atom. The molecule has 0 heterocycles. The molecule has 2 rings (SSSR count). The molecule has 0 saturated carbocycles. The maximum atomic E-state index is 6.51. The average molecular weight is 461 g/mol. The van der Waals surface area contributed by atoms with Crippen LogP contribution in [0.15, 0.2) is 36.4 Å². The molecule has 0 aromatic heterocycles. The first kappa shape index (κ1) is 25.9. The Balaban J connectivity index is 0.00000420. The van der Waals surface area contributed by atoms with E-state index in [0.29, 0.717) is 34.7 Å². The van der Waals surface area contributed by atoms with E-state index in [1.54, 1.807) is 7.11 Å². The highest BCUT2D eigenvalue weighted by Crippen LogP contribution is 2.37. The monoisotopic (exact) mass is 459 g/mol. The first-order chi connectivity index (χ1) is 13.0. The van der Waals surface area contributed by atoms with Gasteiger partial charge in [-0.05, 0) is 61.1 Å². The normalized spacial score (nSPS) is 11.7. The lowest BCUT2D eigenvalue weighted by atomic mass is 9.82. The van der Waals surface area contributed by atoms with Crippen molar-refractivity contribution in [2.75, 3.05) is 7.11 Å². The summed E-state index contributed by atoms with van der Waals surface area (Å²) in [7, 11) is 1.63. The maximum Gasteiger partial charge on any atom is 0.180 e. The molecule has 162 valence electrons. The van der Waals surface area contributed by atoms with Gasteiger partial charge in [-0.15, -0.1) is 12.4 Å². The Kier molecular flexibility index (Phi) is 9.62. The van der Waals surface area contributed by atoms with Gasteiger partial charge >= 0.3 is 0 Å². The van der Waals surface area contributed by atoms with E-state index in [1.807, 2.05) is 36.4 Å². The van der Waals surface area contributed by atoms with Gasteiger partial charge in [0.1, 0.15) is 6.61 Å². The first-order valence-electron chi connectivity index (χ1n) is 9.48. The van der Waals surface area contributed by atoms with E-state index >= 15 is 0 Å². The van der Waals surface area contributed by atoms with E-state index in [0.717, 1.165) is 17.5 Å². The zero-order valence-corrected chi connectivity index (χ0v) is 20.4. The molecule has 2 aromatic carbocycles. The molecule has 0 saturated heterocycles. The highest BCUT2D eigenvalue weighted by atomic mass is 35.5. The summed E-state index contributed by atoms with van der Waals surface area (Å²) in [4.78, 5) is 0. The van der Waals surface area contributed by atoms with Crippen molar-refractivity contribution < 1.29 is 9.47 Å². The fourth-order valence-corrected chi connectivity index (χ4v) is 3.89. The van der Waals surface area contributed by atoms with Crippen molar-refractivity contribution in [3.63, 3.8) is 0 Å². The molecule has 0 bridgehead atoms. The summed E-state index contributed by atoms with van der Waals surface area (Å²) >= 11 is 12.4. The molecule has 0 atom stereocenters. The number of ether oxygens (including phenoxy) is 2. The van der Waals surface area contributed by atoms with Crippen LogP contribution >= 0.6 is 35.6 Å². The lowest BCUT2D eigenvalue weighted by Crippen LogP contribution is -2.41. The molecule has 0 aliphatic carbocycles. The number of benzene rings is 2. The molecule has 1 N–H and O–H groups in total. The van der Waals surface area contributed by atoms with Gasteiger partial charge in [0.2, 0.25) is 0 Å².